The normalized spacial score (nSPS) is 10.4. The highest BCUT2D eigenvalue weighted by atomic mass is 79.9. The highest BCUT2D eigenvalue weighted by Gasteiger charge is 2.03. The zero-order valence-corrected chi connectivity index (χ0v) is 15.0. The predicted octanol–water partition coefficient (Wildman–Crippen LogP) is 5.20. The van der Waals surface area contributed by atoms with Gasteiger partial charge in [0, 0.05) is 41.0 Å². The predicted molar refractivity (Wildman–Crippen MR) is 94.7 cm³/mol. The molecule has 0 fully saturated rings. The standard InChI is InChI=1S/C16H18Br2N2/c1-11-4-6-13(9-16(11)20(2)3)19-10-12-5-7-14(17)15(18)8-12/h4-9,19H,10H2,1-3H3. The first-order chi connectivity index (χ1) is 9.47. The average Bonchev–Trinajstić information content (AvgIpc) is 2.41. The molecule has 0 atom stereocenters. The molecule has 4 heteroatoms. The van der Waals surface area contributed by atoms with Crippen molar-refractivity contribution in [3.63, 3.8) is 0 Å². The minimum Gasteiger partial charge on any atom is -0.381 e. The van der Waals surface area contributed by atoms with E-state index in [4.69, 9.17) is 0 Å². The molecule has 106 valence electrons. The summed E-state index contributed by atoms with van der Waals surface area (Å²) in [5, 5.41) is 3.47. The maximum absolute atomic E-state index is 3.53. The zero-order valence-electron chi connectivity index (χ0n) is 11.9. The zero-order chi connectivity index (χ0) is 14.7. The molecule has 0 unspecified atom stereocenters. The van der Waals surface area contributed by atoms with Gasteiger partial charge >= 0.3 is 0 Å². The molecule has 20 heavy (non-hydrogen) atoms. The van der Waals surface area contributed by atoms with Gasteiger partial charge in [-0.25, -0.2) is 0 Å². The summed E-state index contributed by atoms with van der Waals surface area (Å²) in [4.78, 5) is 2.14. The minimum absolute atomic E-state index is 0.807. The molecule has 0 heterocycles. The molecule has 0 amide bonds. The van der Waals surface area contributed by atoms with Crippen molar-refractivity contribution in [2.24, 2.45) is 0 Å². The molecule has 2 aromatic carbocycles. The lowest BCUT2D eigenvalue weighted by Gasteiger charge is -2.17. The van der Waals surface area contributed by atoms with Crippen LogP contribution in [0.4, 0.5) is 11.4 Å². The Morgan fingerprint density at radius 3 is 2.40 bits per heavy atom. The van der Waals surface area contributed by atoms with Gasteiger partial charge in [0.15, 0.2) is 0 Å². The van der Waals surface area contributed by atoms with E-state index in [0.29, 0.717) is 0 Å². The number of hydrogen-bond acceptors (Lipinski definition) is 2. The maximum Gasteiger partial charge on any atom is 0.0411 e. The number of halogens is 2. The number of rotatable bonds is 4. The molecule has 1 N–H and O–H groups in total. The third-order valence-corrected chi connectivity index (χ3v) is 5.05. The lowest BCUT2D eigenvalue weighted by Crippen LogP contribution is -2.11. The van der Waals surface area contributed by atoms with Gasteiger partial charge in [-0.05, 0) is 74.2 Å². The Bertz CT molecular complexity index is 609. The Labute approximate surface area is 137 Å². The van der Waals surface area contributed by atoms with Crippen molar-refractivity contribution in [2.45, 2.75) is 13.5 Å². The van der Waals surface area contributed by atoms with E-state index in [1.807, 2.05) is 0 Å². The van der Waals surface area contributed by atoms with E-state index in [1.54, 1.807) is 0 Å². The van der Waals surface area contributed by atoms with E-state index in [0.717, 1.165) is 21.2 Å². The van der Waals surface area contributed by atoms with Gasteiger partial charge in [-0.3, -0.25) is 0 Å². The molecule has 0 radical (unpaired) electrons. The van der Waals surface area contributed by atoms with Crippen molar-refractivity contribution in [3.8, 4) is 0 Å². The molecule has 0 bridgehead atoms. The van der Waals surface area contributed by atoms with E-state index in [9.17, 15) is 0 Å². The number of nitrogens with zero attached hydrogens (tertiary/aromatic N) is 1. The quantitative estimate of drug-likeness (QED) is 0.762. The van der Waals surface area contributed by atoms with Crippen LogP contribution in [0.2, 0.25) is 0 Å². The van der Waals surface area contributed by atoms with Crippen LogP contribution in [0.5, 0.6) is 0 Å². The Balaban J connectivity index is 2.10. The first kappa shape index (κ1) is 15.4. The second-order valence-corrected chi connectivity index (χ2v) is 6.71. The van der Waals surface area contributed by atoms with Gasteiger partial charge in [-0.2, -0.15) is 0 Å². The maximum atomic E-state index is 3.53. The Hall–Kier alpha value is -1.000. The Morgan fingerprint density at radius 1 is 1.00 bits per heavy atom. The molecular weight excluding hydrogens is 380 g/mol. The number of nitrogens with one attached hydrogen (secondary N) is 1. The highest BCUT2D eigenvalue weighted by Crippen LogP contribution is 2.25. The van der Waals surface area contributed by atoms with Crippen molar-refractivity contribution in [2.75, 3.05) is 24.3 Å². The van der Waals surface area contributed by atoms with Gasteiger partial charge in [-0.15, -0.1) is 0 Å². The second-order valence-electron chi connectivity index (χ2n) is 5.00. The fraction of sp³-hybridized carbons (Fsp3) is 0.250. The van der Waals surface area contributed by atoms with Crippen LogP contribution in [0.15, 0.2) is 45.3 Å². The van der Waals surface area contributed by atoms with Crippen LogP contribution in [0.25, 0.3) is 0 Å². The van der Waals surface area contributed by atoms with Gasteiger partial charge in [0.2, 0.25) is 0 Å². The molecule has 0 saturated heterocycles. The van der Waals surface area contributed by atoms with Crippen LogP contribution in [0, 0.1) is 6.92 Å². The average molecular weight is 398 g/mol. The molecule has 0 aliphatic carbocycles. The summed E-state index contributed by atoms with van der Waals surface area (Å²) in [5.41, 5.74) is 4.91. The van der Waals surface area contributed by atoms with E-state index in [2.05, 4.69) is 99.5 Å². The molecule has 2 nitrogen and oxygen atoms in total. The van der Waals surface area contributed by atoms with Gasteiger partial charge in [0.1, 0.15) is 0 Å². The number of benzene rings is 2. The van der Waals surface area contributed by atoms with E-state index < -0.39 is 0 Å². The van der Waals surface area contributed by atoms with Crippen molar-refractivity contribution in [1.82, 2.24) is 0 Å². The van der Waals surface area contributed by atoms with Gasteiger partial charge in [-0.1, -0.05) is 12.1 Å². The van der Waals surface area contributed by atoms with Gasteiger partial charge in [0.25, 0.3) is 0 Å². The third kappa shape index (κ3) is 3.76. The lowest BCUT2D eigenvalue weighted by atomic mass is 10.1. The van der Waals surface area contributed by atoms with E-state index >= 15 is 0 Å². The fourth-order valence-electron chi connectivity index (χ4n) is 2.05. The van der Waals surface area contributed by atoms with Crippen LogP contribution < -0.4 is 10.2 Å². The highest BCUT2D eigenvalue weighted by molar-refractivity contribution is 9.13. The SMILES string of the molecule is Cc1ccc(NCc2ccc(Br)c(Br)c2)cc1N(C)C. The van der Waals surface area contributed by atoms with Crippen molar-refractivity contribution in [1.29, 1.82) is 0 Å². The molecule has 2 aromatic rings. The monoisotopic (exact) mass is 396 g/mol. The van der Waals surface area contributed by atoms with Gasteiger partial charge in [0.05, 0.1) is 0 Å². The number of anilines is 2. The Morgan fingerprint density at radius 2 is 1.75 bits per heavy atom. The molecule has 0 saturated carbocycles. The third-order valence-electron chi connectivity index (χ3n) is 3.17. The van der Waals surface area contributed by atoms with Crippen LogP contribution in [0.3, 0.4) is 0 Å². The van der Waals surface area contributed by atoms with Crippen LogP contribution in [0.1, 0.15) is 11.1 Å². The summed E-state index contributed by atoms with van der Waals surface area (Å²) in [5.74, 6) is 0. The Kier molecular flexibility index (Phi) is 5.11. The molecule has 0 aliphatic rings. The molecule has 0 spiro atoms. The fourth-order valence-corrected chi connectivity index (χ4v) is 2.73. The minimum atomic E-state index is 0.807. The summed E-state index contributed by atoms with van der Waals surface area (Å²) in [6.45, 7) is 2.94. The molecule has 0 aromatic heterocycles. The summed E-state index contributed by atoms with van der Waals surface area (Å²) >= 11 is 7.02. The lowest BCUT2D eigenvalue weighted by molar-refractivity contribution is 1.10. The summed E-state index contributed by atoms with van der Waals surface area (Å²) in [7, 11) is 4.13. The summed E-state index contributed by atoms with van der Waals surface area (Å²) in [6, 6.07) is 12.7. The van der Waals surface area contributed by atoms with E-state index in [1.165, 1.54) is 16.8 Å². The first-order valence-electron chi connectivity index (χ1n) is 6.43. The van der Waals surface area contributed by atoms with E-state index in [-0.39, 0.29) is 0 Å². The first-order valence-corrected chi connectivity index (χ1v) is 8.02. The van der Waals surface area contributed by atoms with Crippen LogP contribution in [-0.4, -0.2) is 14.1 Å². The topological polar surface area (TPSA) is 15.3 Å². The van der Waals surface area contributed by atoms with Gasteiger partial charge < -0.3 is 10.2 Å². The smallest absolute Gasteiger partial charge is 0.0411 e. The second kappa shape index (κ2) is 6.64. The summed E-state index contributed by atoms with van der Waals surface area (Å²) in [6.07, 6.45) is 0. The number of hydrogen-bond donors (Lipinski definition) is 1. The molecule has 0 aliphatic heterocycles. The van der Waals surface area contributed by atoms with Crippen molar-refractivity contribution in [3.05, 3.63) is 56.5 Å². The molecular formula is C16H18Br2N2. The van der Waals surface area contributed by atoms with Crippen molar-refractivity contribution >= 4 is 43.2 Å². The van der Waals surface area contributed by atoms with Crippen LogP contribution >= 0.6 is 31.9 Å². The van der Waals surface area contributed by atoms with Crippen molar-refractivity contribution < 1.29 is 0 Å². The molecule has 2 rings (SSSR count). The largest absolute Gasteiger partial charge is 0.381 e. The number of aryl methyl sites for hydroxylation is 1. The van der Waals surface area contributed by atoms with Crippen LogP contribution in [-0.2, 0) is 6.54 Å². The summed E-state index contributed by atoms with van der Waals surface area (Å²) < 4.78 is 2.15.